The highest BCUT2D eigenvalue weighted by molar-refractivity contribution is 6.35. The van der Waals surface area contributed by atoms with E-state index in [-0.39, 0.29) is 11.8 Å². The third-order valence-corrected chi connectivity index (χ3v) is 4.62. The molecule has 1 aromatic carbocycles. The van der Waals surface area contributed by atoms with Crippen LogP contribution in [0.2, 0.25) is 10.0 Å². The second kappa shape index (κ2) is 7.93. The lowest BCUT2D eigenvalue weighted by atomic mass is 10.2. The molecule has 0 unspecified atom stereocenters. The molecular weight excluding hydrogens is 375 g/mol. The van der Waals surface area contributed by atoms with Gasteiger partial charge in [0.15, 0.2) is 0 Å². The summed E-state index contributed by atoms with van der Waals surface area (Å²) < 4.78 is 0. The molecule has 2 amide bonds. The van der Waals surface area contributed by atoms with Gasteiger partial charge in [-0.25, -0.2) is 0 Å². The van der Waals surface area contributed by atoms with Crippen LogP contribution in [0.3, 0.4) is 0 Å². The molecule has 0 saturated carbocycles. The number of piperazine rings is 1. The van der Waals surface area contributed by atoms with Crippen molar-refractivity contribution in [2.24, 2.45) is 0 Å². The van der Waals surface area contributed by atoms with E-state index in [1.165, 1.54) is 0 Å². The van der Waals surface area contributed by atoms with Crippen LogP contribution in [0.15, 0.2) is 36.5 Å². The van der Waals surface area contributed by atoms with Gasteiger partial charge in [-0.3, -0.25) is 14.6 Å². The predicted molar refractivity (Wildman–Crippen MR) is 103 cm³/mol. The smallest absolute Gasteiger partial charge is 0.274 e. The van der Waals surface area contributed by atoms with Gasteiger partial charge in [-0.2, -0.15) is 0 Å². The molecule has 0 atom stereocenters. The number of nitrogens with zero attached hydrogens (tertiary/aromatic N) is 3. The van der Waals surface area contributed by atoms with Crippen LogP contribution in [0.5, 0.6) is 0 Å². The minimum absolute atomic E-state index is 0.0830. The molecule has 1 N–H and O–H groups in total. The van der Waals surface area contributed by atoms with Crippen LogP contribution in [-0.4, -0.2) is 47.9 Å². The third-order valence-electron chi connectivity index (χ3n) is 4.19. The Morgan fingerprint density at radius 3 is 2.31 bits per heavy atom. The number of amides is 2. The van der Waals surface area contributed by atoms with Gasteiger partial charge in [0.25, 0.3) is 5.91 Å². The summed E-state index contributed by atoms with van der Waals surface area (Å²) >= 11 is 11.9. The highest BCUT2D eigenvalue weighted by atomic mass is 35.5. The largest absolute Gasteiger partial charge is 0.368 e. The number of aromatic nitrogens is 1. The zero-order valence-electron chi connectivity index (χ0n) is 14.2. The zero-order valence-corrected chi connectivity index (χ0v) is 15.7. The van der Waals surface area contributed by atoms with E-state index in [0.29, 0.717) is 47.6 Å². The van der Waals surface area contributed by atoms with E-state index in [1.807, 2.05) is 11.0 Å². The van der Waals surface area contributed by atoms with Gasteiger partial charge < -0.3 is 15.1 Å². The molecule has 6 nitrogen and oxygen atoms in total. The number of anilines is 2. The molecule has 1 fully saturated rings. The van der Waals surface area contributed by atoms with E-state index in [0.717, 1.165) is 5.69 Å². The van der Waals surface area contributed by atoms with Crippen molar-refractivity contribution in [1.29, 1.82) is 0 Å². The lowest BCUT2D eigenvalue weighted by Gasteiger charge is -2.35. The van der Waals surface area contributed by atoms with Crippen molar-refractivity contribution in [3.8, 4) is 0 Å². The SMILES string of the molecule is CC(=O)N1CCN(c2ccnc(C(=O)Nc3cc(Cl)cc(Cl)c3)c2)CC1. The fourth-order valence-electron chi connectivity index (χ4n) is 2.84. The number of carbonyl (C=O) groups excluding carboxylic acids is 2. The topological polar surface area (TPSA) is 65.5 Å². The van der Waals surface area contributed by atoms with Crippen LogP contribution >= 0.6 is 23.2 Å². The second-order valence-electron chi connectivity index (χ2n) is 6.00. The van der Waals surface area contributed by atoms with E-state index in [2.05, 4.69) is 15.2 Å². The van der Waals surface area contributed by atoms with Gasteiger partial charge in [-0.1, -0.05) is 23.2 Å². The molecule has 2 aromatic rings. The fraction of sp³-hybridized carbons (Fsp3) is 0.278. The standard InChI is InChI=1S/C18H18Cl2N4O2/c1-12(25)23-4-6-24(7-5-23)16-2-3-21-17(11-16)18(26)22-15-9-13(19)8-14(20)10-15/h2-3,8-11H,4-7H2,1H3,(H,22,26). The van der Waals surface area contributed by atoms with Gasteiger partial charge in [0.2, 0.25) is 5.91 Å². The van der Waals surface area contributed by atoms with Crippen LogP contribution in [0.4, 0.5) is 11.4 Å². The van der Waals surface area contributed by atoms with E-state index in [4.69, 9.17) is 23.2 Å². The number of benzene rings is 1. The van der Waals surface area contributed by atoms with E-state index in [9.17, 15) is 9.59 Å². The Balaban J connectivity index is 1.71. The molecule has 2 heterocycles. The molecule has 1 aliphatic rings. The van der Waals surface area contributed by atoms with Gasteiger partial charge in [-0.05, 0) is 30.3 Å². The van der Waals surface area contributed by atoms with Crippen molar-refractivity contribution < 1.29 is 9.59 Å². The molecule has 1 saturated heterocycles. The Morgan fingerprint density at radius 2 is 1.69 bits per heavy atom. The minimum Gasteiger partial charge on any atom is -0.368 e. The summed E-state index contributed by atoms with van der Waals surface area (Å²) in [4.78, 5) is 32.0. The van der Waals surface area contributed by atoms with Crippen LogP contribution in [0, 0.1) is 0 Å². The normalized spacial score (nSPS) is 14.3. The lowest BCUT2D eigenvalue weighted by Crippen LogP contribution is -2.48. The number of carbonyl (C=O) groups is 2. The lowest BCUT2D eigenvalue weighted by molar-refractivity contribution is -0.129. The molecule has 0 aliphatic carbocycles. The first-order valence-electron chi connectivity index (χ1n) is 8.16. The number of pyridine rings is 1. The molecule has 1 aliphatic heterocycles. The molecule has 26 heavy (non-hydrogen) atoms. The maximum atomic E-state index is 12.5. The summed E-state index contributed by atoms with van der Waals surface area (Å²) in [7, 11) is 0. The second-order valence-corrected chi connectivity index (χ2v) is 6.88. The van der Waals surface area contributed by atoms with Gasteiger partial charge in [0.05, 0.1) is 0 Å². The number of nitrogens with one attached hydrogen (secondary N) is 1. The van der Waals surface area contributed by atoms with E-state index in [1.54, 1.807) is 37.4 Å². The number of hydrogen-bond donors (Lipinski definition) is 1. The summed E-state index contributed by atoms with van der Waals surface area (Å²) in [5.74, 6) is -0.257. The summed E-state index contributed by atoms with van der Waals surface area (Å²) in [5, 5.41) is 3.64. The average Bonchev–Trinajstić information content (AvgIpc) is 2.61. The monoisotopic (exact) mass is 392 g/mol. The highest BCUT2D eigenvalue weighted by Gasteiger charge is 2.20. The first-order valence-corrected chi connectivity index (χ1v) is 8.92. The van der Waals surface area contributed by atoms with Crippen molar-refractivity contribution in [3.63, 3.8) is 0 Å². The Labute approximate surface area is 161 Å². The maximum Gasteiger partial charge on any atom is 0.274 e. The van der Waals surface area contributed by atoms with Crippen molar-refractivity contribution in [2.75, 3.05) is 36.4 Å². The Morgan fingerprint density at radius 1 is 1.04 bits per heavy atom. The molecule has 3 rings (SSSR count). The number of rotatable bonds is 3. The van der Waals surface area contributed by atoms with Crippen molar-refractivity contribution >= 4 is 46.4 Å². The quantitative estimate of drug-likeness (QED) is 0.869. The summed E-state index contributed by atoms with van der Waals surface area (Å²) in [5.41, 5.74) is 1.71. The average molecular weight is 393 g/mol. The van der Waals surface area contributed by atoms with Crippen LogP contribution in [0.1, 0.15) is 17.4 Å². The van der Waals surface area contributed by atoms with E-state index >= 15 is 0 Å². The summed E-state index contributed by atoms with van der Waals surface area (Å²) in [6, 6.07) is 8.44. The van der Waals surface area contributed by atoms with Gasteiger partial charge in [0, 0.05) is 60.7 Å². The molecule has 0 spiro atoms. The van der Waals surface area contributed by atoms with Crippen LogP contribution in [-0.2, 0) is 4.79 Å². The first-order chi connectivity index (χ1) is 12.4. The van der Waals surface area contributed by atoms with Crippen LogP contribution in [0.25, 0.3) is 0 Å². The minimum atomic E-state index is -0.340. The molecule has 0 radical (unpaired) electrons. The Hall–Kier alpha value is -2.31. The number of halogens is 2. The summed E-state index contributed by atoms with van der Waals surface area (Å²) in [6.45, 7) is 4.34. The van der Waals surface area contributed by atoms with Gasteiger partial charge in [-0.15, -0.1) is 0 Å². The zero-order chi connectivity index (χ0) is 18.7. The highest BCUT2D eigenvalue weighted by Crippen LogP contribution is 2.23. The summed E-state index contributed by atoms with van der Waals surface area (Å²) in [6.07, 6.45) is 1.60. The Kier molecular flexibility index (Phi) is 5.64. The first kappa shape index (κ1) is 18.5. The molecule has 136 valence electrons. The molecule has 1 aromatic heterocycles. The van der Waals surface area contributed by atoms with Gasteiger partial charge >= 0.3 is 0 Å². The van der Waals surface area contributed by atoms with Crippen LogP contribution < -0.4 is 10.2 Å². The van der Waals surface area contributed by atoms with Crippen molar-refractivity contribution in [3.05, 3.63) is 52.3 Å². The van der Waals surface area contributed by atoms with Gasteiger partial charge in [0.1, 0.15) is 5.69 Å². The molecular formula is C18H18Cl2N4O2. The van der Waals surface area contributed by atoms with Crippen molar-refractivity contribution in [1.82, 2.24) is 9.88 Å². The predicted octanol–water partition coefficient (Wildman–Crippen LogP) is 3.31. The fourth-order valence-corrected chi connectivity index (χ4v) is 3.37. The molecule has 0 bridgehead atoms. The van der Waals surface area contributed by atoms with E-state index < -0.39 is 0 Å². The third kappa shape index (κ3) is 4.45. The van der Waals surface area contributed by atoms with Crippen molar-refractivity contribution in [2.45, 2.75) is 6.92 Å². The maximum absolute atomic E-state index is 12.5. The number of hydrogen-bond acceptors (Lipinski definition) is 4. The Bertz CT molecular complexity index is 815. The molecule has 8 heteroatoms.